The van der Waals surface area contributed by atoms with Crippen molar-refractivity contribution in [1.29, 1.82) is 0 Å². The summed E-state index contributed by atoms with van der Waals surface area (Å²) < 4.78 is 14.1. The van der Waals surface area contributed by atoms with E-state index in [2.05, 4.69) is 361 Å². The maximum Gasteiger partial charge on any atom is 0.162 e. The molecular formula is C107H64N12S. The molecule has 15 aromatic carbocycles. The van der Waals surface area contributed by atoms with Crippen LogP contribution in [0.4, 0.5) is 0 Å². The van der Waals surface area contributed by atoms with Gasteiger partial charge >= 0.3 is 0 Å². The van der Waals surface area contributed by atoms with Crippen LogP contribution in [0.3, 0.4) is 0 Å². The summed E-state index contributed by atoms with van der Waals surface area (Å²) in [4.78, 5) is 36.1. The number of hydrogen-bond acceptors (Lipinski definition) is 8. The number of thiophene rings is 1. The van der Waals surface area contributed by atoms with E-state index in [0.29, 0.717) is 11.6 Å². The molecular weight excluding hydrogens is 1490 g/mol. The van der Waals surface area contributed by atoms with Crippen LogP contribution < -0.4 is 0 Å². The monoisotopic (exact) mass is 1550 g/mol. The number of fused-ring (bicyclic) bond motifs is 18. The van der Waals surface area contributed by atoms with Crippen molar-refractivity contribution in [2.75, 3.05) is 0 Å². The van der Waals surface area contributed by atoms with Gasteiger partial charge in [-0.2, -0.15) is 0 Å². The first kappa shape index (κ1) is 67.3. The largest absolute Gasteiger partial charge is 0.309 e. The van der Waals surface area contributed by atoms with E-state index in [0.717, 1.165) is 225 Å². The van der Waals surface area contributed by atoms with Crippen molar-refractivity contribution in [2.45, 2.75) is 0 Å². The second-order valence-electron chi connectivity index (χ2n) is 30.8. The number of aromatic nitrogens is 12. The summed E-state index contributed by atoms with van der Waals surface area (Å²) in [5.74, 6) is 2.85. The van der Waals surface area contributed by atoms with Gasteiger partial charge in [0, 0.05) is 122 Å². The molecule has 10 heterocycles. The average molecular weight is 1550 g/mol. The van der Waals surface area contributed by atoms with Gasteiger partial charge in [0.2, 0.25) is 0 Å². The van der Waals surface area contributed by atoms with Gasteiger partial charge in [-0.3, -0.25) is 14.1 Å². The van der Waals surface area contributed by atoms with Gasteiger partial charge in [-0.05, 0) is 143 Å². The predicted octanol–water partition coefficient (Wildman–Crippen LogP) is 27.0. The number of rotatable bonds is 12. The highest BCUT2D eigenvalue weighted by molar-refractivity contribution is 7.26. The van der Waals surface area contributed by atoms with Crippen molar-refractivity contribution in [1.82, 2.24) is 57.7 Å². The molecule has 12 nitrogen and oxygen atoms in total. The van der Waals surface area contributed by atoms with Gasteiger partial charge in [-0.1, -0.05) is 243 Å². The van der Waals surface area contributed by atoms with E-state index in [4.69, 9.17) is 29.9 Å². The van der Waals surface area contributed by atoms with Gasteiger partial charge in [-0.25, -0.2) is 29.9 Å². The molecule has 0 unspecified atom stereocenters. The highest BCUT2D eigenvalue weighted by atomic mass is 32.1. The topological polar surface area (TPSA) is 115 Å². The fourth-order valence-corrected chi connectivity index (χ4v) is 19.8. The minimum Gasteiger partial charge on any atom is -0.309 e. The lowest BCUT2D eigenvalue weighted by molar-refractivity contribution is 1.05. The molecule has 0 N–H and O–H groups in total. The van der Waals surface area contributed by atoms with Crippen molar-refractivity contribution in [3.63, 3.8) is 0 Å². The second-order valence-corrected chi connectivity index (χ2v) is 31.9. The Kier molecular flexibility index (Phi) is 15.0. The Morgan fingerprint density at radius 1 is 0.225 bits per heavy atom. The maximum atomic E-state index is 5.63. The van der Waals surface area contributed by atoms with Crippen molar-refractivity contribution < 1.29 is 0 Å². The molecule has 10 aromatic heterocycles. The number of para-hydroxylation sites is 4. The molecule has 0 fully saturated rings. The van der Waals surface area contributed by atoms with Gasteiger partial charge in [0.05, 0.1) is 88.5 Å². The van der Waals surface area contributed by atoms with Crippen LogP contribution in [0, 0.1) is 0 Å². The van der Waals surface area contributed by atoms with Crippen LogP contribution in [0.25, 0.3) is 237 Å². The van der Waals surface area contributed by atoms with Gasteiger partial charge in [0.25, 0.3) is 0 Å². The van der Waals surface area contributed by atoms with E-state index in [1.54, 1.807) is 17.7 Å². The minimum atomic E-state index is 0.634. The second kappa shape index (κ2) is 26.7. The molecule has 0 atom stereocenters. The van der Waals surface area contributed by atoms with Gasteiger partial charge < -0.3 is 13.7 Å². The number of hydrogen-bond donors (Lipinski definition) is 0. The third-order valence-corrected chi connectivity index (χ3v) is 25.3. The first-order valence-electron chi connectivity index (χ1n) is 40.3. The molecule has 13 heteroatoms. The molecule has 0 aliphatic heterocycles. The molecule has 0 bridgehead atoms. The first-order valence-corrected chi connectivity index (χ1v) is 41.1. The van der Waals surface area contributed by atoms with E-state index in [1.807, 2.05) is 48.8 Å². The van der Waals surface area contributed by atoms with E-state index in [1.165, 1.54) is 0 Å². The molecule has 558 valence electrons. The maximum absolute atomic E-state index is 5.63. The van der Waals surface area contributed by atoms with Crippen LogP contribution in [0.15, 0.2) is 389 Å². The van der Waals surface area contributed by atoms with E-state index in [-0.39, 0.29) is 0 Å². The Morgan fingerprint density at radius 3 is 1.21 bits per heavy atom. The lowest BCUT2D eigenvalue weighted by Gasteiger charge is -2.14. The standard InChI is InChI=1S/C107H64N12S/c1-6-23-65(24-7-1)88-61-101(113-106(111-88)67-27-10-3-11-28-67)118-92-38-21-16-33-77(92)80-46-40-71(55-96(80)118)70-44-50-94-85(54-70)79-35-18-20-37-91(79)117(94)76-59-83(105-87(60-76)104-100(120-105)39-22-52-109-104)73-42-48-82-81-47-41-72(56-97(81)119(98(82)57-73)102-62-89(66-25-8-2-9-26-66)112-107(114-102)68-29-12-4-13-30-68)69-43-49-93-84(53-69)78-34-17-19-36-90(78)116(93)75-45-51-95-86(58-75)103-99(63-108-64-110-103)115(95)74-31-14-5-15-32-74/h1-64H. The zero-order valence-corrected chi connectivity index (χ0v) is 65.0. The summed E-state index contributed by atoms with van der Waals surface area (Å²) in [6.07, 6.45) is 5.49. The smallest absolute Gasteiger partial charge is 0.162 e. The minimum absolute atomic E-state index is 0.634. The fraction of sp³-hybridized carbons (Fsp3) is 0. The molecule has 0 saturated heterocycles. The number of pyridine rings is 1. The SMILES string of the molecule is c1ccc(-c2cc(-n3c4ccccc4c4ccc(-c5ccc6c(c5)c5ccccc5n6-c5cc(-c6ccc7c8ccc(-c9ccc%10c(c9)c9ccccc9n%10-c9ccc%10c(c9)c9ncncc9n%10-c9ccccc9)cc8n(-c8cc(-c9ccccc9)nc(-c9ccccc9)n8)c7c6)c6sc7cccnc7c6c5)cc43)nc(-c3ccccc3)n2)cc1. The fourth-order valence-electron chi connectivity index (χ4n) is 18.7. The van der Waals surface area contributed by atoms with Gasteiger partial charge in [0.15, 0.2) is 11.6 Å². The molecule has 0 radical (unpaired) electrons. The van der Waals surface area contributed by atoms with Crippen molar-refractivity contribution in [2.24, 2.45) is 0 Å². The van der Waals surface area contributed by atoms with Crippen LogP contribution >= 0.6 is 11.3 Å². The molecule has 0 amide bonds. The third kappa shape index (κ3) is 10.6. The molecule has 0 spiro atoms. The quantitative estimate of drug-likeness (QED) is 0.120. The van der Waals surface area contributed by atoms with Gasteiger partial charge in [0.1, 0.15) is 18.0 Å². The van der Waals surface area contributed by atoms with Crippen LogP contribution in [-0.2, 0) is 0 Å². The summed E-state index contributed by atoms with van der Waals surface area (Å²) in [5.41, 5.74) is 27.7. The average Bonchev–Trinajstić information content (AvgIpc) is 1.57. The Labute approximate surface area is 690 Å². The normalized spacial score (nSPS) is 12.0. The Bertz CT molecular complexity index is 8420. The molecule has 0 saturated carbocycles. The van der Waals surface area contributed by atoms with Crippen LogP contribution in [0.1, 0.15) is 0 Å². The summed E-state index contributed by atoms with van der Waals surface area (Å²) in [7, 11) is 0. The van der Waals surface area contributed by atoms with E-state index >= 15 is 0 Å². The predicted molar refractivity (Wildman–Crippen MR) is 494 cm³/mol. The van der Waals surface area contributed by atoms with Crippen LogP contribution in [0.5, 0.6) is 0 Å². The molecule has 0 aliphatic rings. The Balaban J connectivity index is 0.660. The van der Waals surface area contributed by atoms with Crippen molar-refractivity contribution in [3.8, 4) is 107 Å². The number of benzene rings is 15. The highest BCUT2D eigenvalue weighted by Gasteiger charge is 2.26. The van der Waals surface area contributed by atoms with Crippen molar-refractivity contribution in [3.05, 3.63) is 389 Å². The highest BCUT2D eigenvalue weighted by Crippen LogP contribution is 2.48. The van der Waals surface area contributed by atoms with E-state index in [9.17, 15) is 0 Å². The van der Waals surface area contributed by atoms with Crippen LogP contribution in [0.2, 0.25) is 0 Å². The third-order valence-electron chi connectivity index (χ3n) is 24.1. The summed E-state index contributed by atoms with van der Waals surface area (Å²) in [5, 5.41) is 11.3. The zero-order chi connectivity index (χ0) is 78.6. The van der Waals surface area contributed by atoms with Crippen LogP contribution in [-0.4, -0.2) is 57.7 Å². The lowest BCUT2D eigenvalue weighted by atomic mass is 9.99. The summed E-state index contributed by atoms with van der Waals surface area (Å²) in [6.45, 7) is 0. The lowest BCUT2D eigenvalue weighted by Crippen LogP contribution is -2.02. The molecule has 25 rings (SSSR count). The Hall–Kier alpha value is -16.1. The molecule has 0 aliphatic carbocycles. The first-order chi connectivity index (χ1) is 59.5. The summed E-state index contributed by atoms with van der Waals surface area (Å²) in [6, 6.07) is 133. The Morgan fingerprint density at radius 2 is 0.642 bits per heavy atom. The van der Waals surface area contributed by atoms with Gasteiger partial charge in [-0.15, -0.1) is 11.3 Å². The summed E-state index contributed by atoms with van der Waals surface area (Å²) >= 11 is 1.79. The van der Waals surface area contributed by atoms with E-state index < -0.39 is 0 Å². The zero-order valence-electron chi connectivity index (χ0n) is 64.2. The molecule has 120 heavy (non-hydrogen) atoms. The van der Waals surface area contributed by atoms with Crippen molar-refractivity contribution >= 4 is 141 Å². The molecule has 25 aromatic rings. The number of nitrogens with zero attached hydrogens (tertiary/aromatic N) is 12.